The lowest BCUT2D eigenvalue weighted by Gasteiger charge is -2.26. The molecule has 0 radical (unpaired) electrons. The van der Waals surface area contributed by atoms with E-state index in [4.69, 9.17) is 21.4 Å². The Morgan fingerprint density at radius 2 is 1.69 bits per heavy atom. The van der Waals surface area contributed by atoms with Crippen LogP contribution < -0.4 is 16.2 Å². The van der Waals surface area contributed by atoms with Crippen LogP contribution >= 0.6 is 11.6 Å². The zero-order chi connectivity index (χ0) is 25.5. The van der Waals surface area contributed by atoms with Crippen LogP contribution in [0.4, 0.5) is 0 Å². The first kappa shape index (κ1) is 26.0. The van der Waals surface area contributed by atoms with Crippen LogP contribution in [-0.4, -0.2) is 88.5 Å². The summed E-state index contributed by atoms with van der Waals surface area (Å²) in [7, 11) is 0. The molecule has 188 valence electrons. The van der Waals surface area contributed by atoms with Gasteiger partial charge in [0, 0.05) is 31.2 Å². The lowest BCUT2D eigenvalue weighted by molar-refractivity contribution is -0.135. The summed E-state index contributed by atoms with van der Waals surface area (Å²) in [5.74, 6) is -5.45. The maximum Gasteiger partial charge on any atom is 0.322 e. The minimum Gasteiger partial charge on any atom is -0.506 e. The highest BCUT2D eigenvalue weighted by atomic mass is 35.5. The Morgan fingerprint density at radius 1 is 1.03 bits per heavy atom. The van der Waals surface area contributed by atoms with Crippen LogP contribution in [0.2, 0.25) is 5.02 Å². The number of aliphatic carboxylic acids is 1. The standard InChI is InChI=1S/C22H25ClN4O8/c23-14-4-2-1-3-13(14)12-27-21(33)16(19(31)24-5-6-26-7-9-35-10-8-26)18(30)17(22(27)34)20(32)25-11-15(28)29/h1-4,30,33H,5-12H2,(H,24,31)(H,25,32)(H,28,29). The van der Waals surface area contributed by atoms with Gasteiger partial charge >= 0.3 is 5.97 Å². The number of nitrogens with one attached hydrogen (secondary N) is 2. The Morgan fingerprint density at radius 3 is 2.34 bits per heavy atom. The molecule has 12 nitrogen and oxygen atoms in total. The monoisotopic (exact) mass is 508 g/mol. The molecule has 0 bridgehead atoms. The number of benzene rings is 1. The van der Waals surface area contributed by atoms with Gasteiger partial charge in [0.1, 0.15) is 17.7 Å². The van der Waals surface area contributed by atoms with Gasteiger partial charge in [0.2, 0.25) is 5.88 Å². The first-order valence-electron chi connectivity index (χ1n) is 10.7. The number of aromatic nitrogens is 1. The van der Waals surface area contributed by atoms with Crippen molar-refractivity contribution in [1.29, 1.82) is 0 Å². The van der Waals surface area contributed by atoms with E-state index in [-0.39, 0.29) is 18.1 Å². The van der Waals surface area contributed by atoms with Gasteiger partial charge in [-0.3, -0.25) is 28.6 Å². The van der Waals surface area contributed by atoms with E-state index in [1.165, 1.54) is 0 Å². The van der Waals surface area contributed by atoms with Gasteiger partial charge in [-0.25, -0.2) is 0 Å². The second kappa shape index (κ2) is 11.7. The van der Waals surface area contributed by atoms with Crippen LogP contribution in [0.25, 0.3) is 0 Å². The number of aromatic hydroxyl groups is 2. The second-order valence-corrected chi connectivity index (χ2v) is 8.10. The molecule has 1 aliphatic heterocycles. The van der Waals surface area contributed by atoms with E-state index in [9.17, 15) is 29.4 Å². The molecule has 35 heavy (non-hydrogen) atoms. The number of carboxylic acids is 1. The molecule has 1 saturated heterocycles. The number of nitrogens with zero attached hydrogens (tertiary/aromatic N) is 2. The molecule has 3 rings (SSSR count). The highest BCUT2D eigenvalue weighted by Gasteiger charge is 2.30. The van der Waals surface area contributed by atoms with Crippen LogP contribution in [0.15, 0.2) is 29.1 Å². The van der Waals surface area contributed by atoms with Crippen molar-refractivity contribution in [3.8, 4) is 11.6 Å². The predicted molar refractivity (Wildman–Crippen MR) is 124 cm³/mol. The molecule has 13 heteroatoms. The first-order chi connectivity index (χ1) is 16.7. The fourth-order valence-electron chi connectivity index (χ4n) is 3.54. The quantitative estimate of drug-likeness (QED) is 0.308. The van der Waals surface area contributed by atoms with E-state index in [0.29, 0.717) is 43.0 Å². The SMILES string of the molecule is O=C(O)CNC(=O)c1c(O)c(C(=O)NCCN2CCOCC2)c(O)n(Cc2ccccc2Cl)c1=O. The summed E-state index contributed by atoms with van der Waals surface area (Å²) in [5.41, 5.74) is -2.31. The second-order valence-electron chi connectivity index (χ2n) is 7.69. The van der Waals surface area contributed by atoms with Crippen molar-refractivity contribution in [2.24, 2.45) is 0 Å². The third-order valence-corrected chi connectivity index (χ3v) is 5.74. The fourth-order valence-corrected chi connectivity index (χ4v) is 3.74. The van der Waals surface area contributed by atoms with E-state index in [2.05, 4.69) is 5.32 Å². The lowest BCUT2D eigenvalue weighted by atomic mass is 10.1. The van der Waals surface area contributed by atoms with Gasteiger partial charge in [0.15, 0.2) is 5.75 Å². The van der Waals surface area contributed by atoms with Gasteiger partial charge in [-0.2, -0.15) is 0 Å². The summed E-state index contributed by atoms with van der Waals surface area (Å²) in [6.07, 6.45) is 0. The number of ether oxygens (including phenoxy) is 1. The minimum absolute atomic E-state index is 0.155. The smallest absolute Gasteiger partial charge is 0.322 e. The van der Waals surface area contributed by atoms with Crippen molar-refractivity contribution < 1.29 is 34.4 Å². The largest absolute Gasteiger partial charge is 0.506 e. The van der Waals surface area contributed by atoms with Crippen LogP contribution in [0.3, 0.4) is 0 Å². The average Bonchev–Trinajstić information content (AvgIpc) is 2.82. The van der Waals surface area contributed by atoms with E-state index in [0.717, 1.165) is 0 Å². The highest BCUT2D eigenvalue weighted by Crippen LogP contribution is 2.29. The molecule has 1 aromatic carbocycles. The van der Waals surface area contributed by atoms with Crippen molar-refractivity contribution in [3.05, 3.63) is 56.3 Å². The van der Waals surface area contributed by atoms with Crippen molar-refractivity contribution in [2.75, 3.05) is 45.9 Å². The summed E-state index contributed by atoms with van der Waals surface area (Å²) in [4.78, 5) is 51.4. The molecular formula is C22H25ClN4O8. The molecule has 2 aromatic rings. The molecule has 0 spiro atoms. The average molecular weight is 509 g/mol. The van der Waals surface area contributed by atoms with Crippen molar-refractivity contribution in [2.45, 2.75) is 6.54 Å². The van der Waals surface area contributed by atoms with Crippen LogP contribution in [0.5, 0.6) is 11.6 Å². The summed E-state index contributed by atoms with van der Waals surface area (Å²) < 4.78 is 5.98. The number of amides is 2. The van der Waals surface area contributed by atoms with Crippen LogP contribution in [-0.2, 0) is 16.1 Å². The van der Waals surface area contributed by atoms with Gasteiger partial charge < -0.3 is 30.7 Å². The molecular weight excluding hydrogens is 484 g/mol. The predicted octanol–water partition coefficient (Wildman–Crippen LogP) is -0.162. The molecule has 5 N–H and O–H groups in total. The van der Waals surface area contributed by atoms with Gasteiger partial charge in [-0.05, 0) is 11.6 Å². The van der Waals surface area contributed by atoms with Gasteiger partial charge in [-0.1, -0.05) is 29.8 Å². The summed E-state index contributed by atoms with van der Waals surface area (Å²) >= 11 is 6.16. The third kappa shape index (κ3) is 6.29. The molecule has 0 aliphatic carbocycles. The number of halogens is 1. The van der Waals surface area contributed by atoms with Gasteiger partial charge in [0.05, 0.1) is 19.8 Å². The normalized spacial score (nSPS) is 13.9. The molecule has 2 heterocycles. The Balaban J connectivity index is 1.97. The zero-order valence-electron chi connectivity index (χ0n) is 18.6. The summed E-state index contributed by atoms with van der Waals surface area (Å²) in [6, 6.07) is 6.43. The number of hydrogen-bond donors (Lipinski definition) is 5. The Hall–Kier alpha value is -3.61. The topological polar surface area (TPSA) is 170 Å². The van der Waals surface area contributed by atoms with E-state index >= 15 is 0 Å². The molecule has 0 saturated carbocycles. The lowest BCUT2D eigenvalue weighted by Crippen LogP contribution is -2.41. The molecule has 1 aliphatic rings. The zero-order valence-corrected chi connectivity index (χ0v) is 19.4. The number of morpholine rings is 1. The van der Waals surface area contributed by atoms with E-state index in [1.54, 1.807) is 24.3 Å². The van der Waals surface area contributed by atoms with Gasteiger partial charge in [0.25, 0.3) is 17.4 Å². The van der Waals surface area contributed by atoms with Crippen LogP contribution in [0, 0.1) is 0 Å². The third-order valence-electron chi connectivity index (χ3n) is 5.37. The Labute approximate surface area is 204 Å². The number of pyridine rings is 1. The molecule has 0 atom stereocenters. The molecule has 1 fully saturated rings. The van der Waals surface area contributed by atoms with E-state index < -0.39 is 52.6 Å². The van der Waals surface area contributed by atoms with Crippen molar-refractivity contribution in [1.82, 2.24) is 20.1 Å². The maximum absolute atomic E-state index is 13.0. The van der Waals surface area contributed by atoms with Gasteiger partial charge in [-0.15, -0.1) is 0 Å². The Bertz CT molecular complexity index is 1180. The maximum atomic E-state index is 13.0. The number of hydrogen-bond acceptors (Lipinski definition) is 8. The number of carboxylic acid groups (broad SMARTS) is 1. The fraction of sp³-hybridized carbons (Fsp3) is 0.364. The summed E-state index contributed by atoms with van der Waals surface area (Å²) in [5, 5.41) is 35.1. The minimum atomic E-state index is -1.38. The molecule has 1 aromatic heterocycles. The highest BCUT2D eigenvalue weighted by molar-refractivity contribution is 6.31. The molecule has 0 unspecified atom stereocenters. The number of rotatable bonds is 9. The molecule has 2 amide bonds. The number of carbonyl (C=O) groups is 3. The van der Waals surface area contributed by atoms with Crippen LogP contribution in [0.1, 0.15) is 26.3 Å². The summed E-state index contributed by atoms with van der Waals surface area (Å²) in [6.45, 7) is 1.98. The number of carbonyl (C=O) groups excluding carboxylic acids is 2. The van der Waals surface area contributed by atoms with E-state index in [1.807, 2.05) is 10.2 Å². The Kier molecular flexibility index (Phi) is 8.68. The van der Waals surface area contributed by atoms with Crippen molar-refractivity contribution in [3.63, 3.8) is 0 Å². The van der Waals surface area contributed by atoms with Crippen molar-refractivity contribution >= 4 is 29.4 Å². The first-order valence-corrected chi connectivity index (χ1v) is 11.1.